The highest BCUT2D eigenvalue weighted by Crippen LogP contribution is 2.19. The topological polar surface area (TPSA) is 102 Å². The second-order valence-electron chi connectivity index (χ2n) is 6.17. The number of primary amides is 1. The number of nitrogens with one attached hydrogen (secondary N) is 2. The van der Waals surface area contributed by atoms with Crippen LogP contribution in [0.3, 0.4) is 0 Å². The molecule has 0 radical (unpaired) electrons. The lowest BCUT2D eigenvalue weighted by Crippen LogP contribution is -2.19. The van der Waals surface area contributed by atoms with Crippen LogP contribution >= 0.6 is 0 Å². The van der Waals surface area contributed by atoms with Crippen molar-refractivity contribution in [3.63, 3.8) is 0 Å². The Bertz CT molecular complexity index is 1150. The Morgan fingerprint density at radius 2 is 1.46 bits per heavy atom. The van der Waals surface area contributed by atoms with Gasteiger partial charge in [-0.05, 0) is 60.7 Å². The van der Waals surface area contributed by atoms with Gasteiger partial charge in [-0.2, -0.15) is 0 Å². The molecule has 0 saturated carbocycles. The number of amides is 3. The molecule has 138 valence electrons. The molecule has 0 atom stereocenters. The Hall–Kier alpha value is -4.13. The number of carbonyl (C=O) groups excluding carboxylic acids is 2. The van der Waals surface area contributed by atoms with Gasteiger partial charge in [0.1, 0.15) is 6.33 Å². The molecular formula is C21H17N5O2. The monoisotopic (exact) mass is 371 g/mol. The van der Waals surface area contributed by atoms with E-state index in [4.69, 9.17) is 5.73 Å². The van der Waals surface area contributed by atoms with Crippen LogP contribution in [0.5, 0.6) is 0 Å². The van der Waals surface area contributed by atoms with E-state index < -0.39 is 6.03 Å². The Morgan fingerprint density at radius 3 is 2.14 bits per heavy atom. The summed E-state index contributed by atoms with van der Waals surface area (Å²) in [6.07, 6.45) is 1.77. The number of rotatable bonds is 4. The molecule has 0 aliphatic rings. The van der Waals surface area contributed by atoms with Crippen LogP contribution in [0.25, 0.3) is 16.7 Å². The lowest BCUT2D eigenvalue weighted by molar-refractivity contribution is 0.102. The highest BCUT2D eigenvalue weighted by Gasteiger charge is 2.08. The number of para-hydroxylation sites is 2. The zero-order valence-electron chi connectivity index (χ0n) is 14.8. The third-order valence-electron chi connectivity index (χ3n) is 4.27. The summed E-state index contributed by atoms with van der Waals surface area (Å²) in [7, 11) is 0. The van der Waals surface area contributed by atoms with E-state index in [0.717, 1.165) is 16.7 Å². The van der Waals surface area contributed by atoms with Crippen molar-refractivity contribution in [2.75, 3.05) is 10.6 Å². The summed E-state index contributed by atoms with van der Waals surface area (Å²) in [5.74, 6) is -0.224. The summed E-state index contributed by atoms with van der Waals surface area (Å²) in [4.78, 5) is 27.7. The van der Waals surface area contributed by atoms with Crippen LogP contribution in [0.2, 0.25) is 0 Å². The lowest BCUT2D eigenvalue weighted by Gasteiger charge is -2.08. The number of aromatic nitrogens is 2. The average molecular weight is 371 g/mol. The van der Waals surface area contributed by atoms with Crippen molar-refractivity contribution in [3.05, 3.63) is 84.7 Å². The molecule has 1 aromatic heterocycles. The first-order valence-electron chi connectivity index (χ1n) is 8.60. The van der Waals surface area contributed by atoms with Crippen molar-refractivity contribution in [1.82, 2.24) is 9.55 Å². The molecule has 7 heteroatoms. The summed E-state index contributed by atoms with van der Waals surface area (Å²) in [6.45, 7) is 0. The molecule has 0 saturated heterocycles. The molecule has 4 rings (SSSR count). The van der Waals surface area contributed by atoms with Gasteiger partial charge in [-0.1, -0.05) is 12.1 Å². The summed E-state index contributed by atoms with van der Waals surface area (Å²) >= 11 is 0. The lowest BCUT2D eigenvalue weighted by atomic mass is 10.2. The molecule has 3 amide bonds. The molecule has 28 heavy (non-hydrogen) atoms. The van der Waals surface area contributed by atoms with E-state index in [-0.39, 0.29) is 5.91 Å². The number of imidazole rings is 1. The van der Waals surface area contributed by atoms with E-state index >= 15 is 0 Å². The average Bonchev–Trinajstić information content (AvgIpc) is 3.13. The first-order valence-corrected chi connectivity index (χ1v) is 8.60. The molecule has 0 aliphatic heterocycles. The first kappa shape index (κ1) is 17.3. The Kier molecular flexibility index (Phi) is 4.47. The van der Waals surface area contributed by atoms with Crippen LogP contribution in [-0.4, -0.2) is 21.5 Å². The van der Waals surface area contributed by atoms with Crippen LogP contribution in [-0.2, 0) is 0 Å². The Balaban J connectivity index is 1.49. The predicted octanol–water partition coefficient (Wildman–Crippen LogP) is 3.77. The van der Waals surface area contributed by atoms with Crippen LogP contribution in [0.15, 0.2) is 79.1 Å². The molecule has 4 aromatic rings. The van der Waals surface area contributed by atoms with Gasteiger partial charge in [0.25, 0.3) is 5.91 Å². The van der Waals surface area contributed by atoms with E-state index in [1.165, 1.54) is 0 Å². The zero-order valence-corrected chi connectivity index (χ0v) is 14.8. The number of hydrogen-bond acceptors (Lipinski definition) is 3. The number of nitrogens with zero attached hydrogens (tertiary/aromatic N) is 2. The molecular weight excluding hydrogens is 354 g/mol. The van der Waals surface area contributed by atoms with Crippen molar-refractivity contribution in [3.8, 4) is 5.69 Å². The number of anilines is 2. The second-order valence-corrected chi connectivity index (χ2v) is 6.17. The second kappa shape index (κ2) is 7.24. The number of nitrogens with two attached hydrogens (primary N) is 1. The maximum Gasteiger partial charge on any atom is 0.316 e. The number of urea groups is 1. The van der Waals surface area contributed by atoms with E-state index in [1.54, 1.807) is 42.7 Å². The van der Waals surface area contributed by atoms with Crippen molar-refractivity contribution < 1.29 is 9.59 Å². The molecule has 0 aliphatic carbocycles. The van der Waals surface area contributed by atoms with Gasteiger partial charge in [-0.15, -0.1) is 0 Å². The molecule has 0 bridgehead atoms. The van der Waals surface area contributed by atoms with Crippen LogP contribution in [0.1, 0.15) is 10.4 Å². The van der Waals surface area contributed by atoms with E-state index in [9.17, 15) is 9.59 Å². The fourth-order valence-electron chi connectivity index (χ4n) is 2.92. The zero-order chi connectivity index (χ0) is 19.5. The Morgan fingerprint density at radius 1 is 0.821 bits per heavy atom. The van der Waals surface area contributed by atoms with Gasteiger partial charge in [0.2, 0.25) is 0 Å². The molecule has 4 N–H and O–H groups in total. The van der Waals surface area contributed by atoms with Crippen LogP contribution in [0, 0.1) is 0 Å². The standard InChI is InChI=1S/C21H17N5O2/c22-21(28)25-16-9-7-15(8-10-16)24-20(27)14-5-11-17(12-6-14)26-13-23-18-3-1-2-4-19(18)26/h1-13H,(H,24,27)(H3,22,25,28). The van der Waals surface area contributed by atoms with Gasteiger partial charge in [0, 0.05) is 22.6 Å². The fraction of sp³-hybridized carbons (Fsp3) is 0. The van der Waals surface area contributed by atoms with E-state index in [0.29, 0.717) is 16.9 Å². The number of fused-ring (bicyclic) bond motifs is 1. The summed E-state index contributed by atoms with van der Waals surface area (Å²) in [5.41, 5.74) is 9.62. The number of hydrogen-bond donors (Lipinski definition) is 3. The van der Waals surface area contributed by atoms with Crippen molar-refractivity contribution in [2.45, 2.75) is 0 Å². The molecule has 0 unspecified atom stereocenters. The van der Waals surface area contributed by atoms with Crippen LogP contribution in [0.4, 0.5) is 16.2 Å². The summed E-state index contributed by atoms with van der Waals surface area (Å²) in [5, 5.41) is 5.29. The van der Waals surface area contributed by atoms with Gasteiger partial charge in [0.05, 0.1) is 11.0 Å². The maximum atomic E-state index is 12.5. The SMILES string of the molecule is NC(=O)Nc1ccc(NC(=O)c2ccc(-n3cnc4ccccc43)cc2)cc1. The molecule has 0 spiro atoms. The van der Waals surface area contributed by atoms with Crippen molar-refractivity contribution in [1.29, 1.82) is 0 Å². The minimum absolute atomic E-state index is 0.224. The highest BCUT2D eigenvalue weighted by molar-refractivity contribution is 6.04. The quantitative estimate of drug-likeness (QED) is 0.509. The fourth-order valence-corrected chi connectivity index (χ4v) is 2.92. The number of benzene rings is 3. The molecule has 7 nitrogen and oxygen atoms in total. The van der Waals surface area contributed by atoms with Crippen molar-refractivity contribution in [2.24, 2.45) is 5.73 Å². The van der Waals surface area contributed by atoms with Gasteiger partial charge < -0.3 is 16.4 Å². The maximum absolute atomic E-state index is 12.5. The van der Waals surface area contributed by atoms with Crippen LogP contribution < -0.4 is 16.4 Å². The minimum atomic E-state index is -0.637. The van der Waals surface area contributed by atoms with E-state index in [1.807, 2.05) is 41.0 Å². The summed E-state index contributed by atoms with van der Waals surface area (Å²) < 4.78 is 1.97. The first-order chi connectivity index (χ1) is 13.6. The minimum Gasteiger partial charge on any atom is -0.351 e. The Labute approximate surface area is 160 Å². The van der Waals surface area contributed by atoms with Gasteiger partial charge in [-0.25, -0.2) is 9.78 Å². The van der Waals surface area contributed by atoms with E-state index in [2.05, 4.69) is 15.6 Å². The third-order valence-corrected chi connectivity index (χ3v) is 4.27. The smallest absolute Gasteiger partial charge is 0.316 e. The predicted molar refractivity (Wildman–Crippen MR) is 109 cm³/mol. The van der Waals surface area contributed by atoms with Gasteiger partial charge >= 0.3 is 6.03 Å². The van der Waals surface area contributed by atoms with Crippen molar-refractivity contribution >= 4 is 34.3 Å². The molecule has 3 aromatic carbocycles. The molecule has 0 fully saturated rings. The van der Waals surface area contributed by atoms with Gasteiger partial charge in [0.15, 0.2) is 0 Å². The third kappa shape index (κ3) is 3.54. The normalized spacial score (nSPS) is 10.6. The summed E-state index contributed by atoms with van der Waals surface area (Å²) in [6, 6.07) is 21.2. The molecule has 1 heterocycles. The number of carbonyl (C=O) groups is 2. The highest BCUT2D eigenvalue weighted by atomic mass is 16.2. The van der Waals surface area contributed by atoms with Gasteiger partial charge in [-0.3, -0.25) is 9.36 Å². The largest absolute Gasteiger partial charge is 0.351 e.